The van der Waals surface area contributed by atoms with Crippen LogP contribution in [0.3, 0.4) is 0 Å². The van der Waals surface area contributed by atoms with Gasteiger partial charge < -0.3 is 16.8 Å². The molecular weight excluding hydrogens is 250 g/mol. The highest BCUT2D eigenvalue weighted by atomic mass is 15.1. The van der Waals surface area contributed by atoms with Crippen molar-refractivity contribution in [2.75, 3.05) is 17.6 Å². The molecular formula is C15H19N5. The monoisotopic (exact) mass is 269 g/mol. The lowest BCUT2D eigenvalue weighted by Crippen LogP contribution is -2.14. The van der Waals surface area contributed by atoms with Crippen LogP contribution in [0.25, 0.3) is 0 Å². The van der Waals surface area contributed by atoms with Gasteiger partial charge in [-0.1, -0.05) is 24.3 Å². The molecule has 1 aromatic carbocycles. The fourth-order valence-electron chi connectivity index (χ4n) is 2.76. The van der Waals surface area contributed by atoms with Crippen LogP contribution in [0.4, 0.5) is 11.8 Å². The fourth-order valence-corrected chi connectivity index (χ4v) is 2.76. The Bertz CT molecular complexity index is 611. The summed E-state index contributed by atoms with van der Waals surface area (Å²) in [4.78, 5) is 8.38. The van der Waals surface area contributed by atoms with E-state index >= 15 is 0 Å². The van der Waals surface area contributed by atoms with Crippen molar-refractivity contribution in [2.45, 2.75) is 25.3 Å². The van der Waals surface area contributed by atoms with Gasteiger partial charge in [-0.3, -0.25) is 0 Å². The molecule has 0 saturated heterocycles. The molecule has 1 unspecified atom stereocenters. The van der Waals surface area contributed by atoms with Crippen LogP contribution in [0, 0.1) is 0 Å². The number of anilines is 2. The zero-order valence-corrected chi connectivity index (χ0v) is 11.3. The van der Waals surface area contributed by atoms with Crippen LogP contribution in [-0.4, -0.2) is 16.5 Å². The van der Waals surface area contributed by atoms with E-state index in [0.717, 1.165) is 30.6 Å². The Morgan fingerprint density at radius 1 is 1.30 bits per heavy atom. The van der Waals surface area contributed by atoms with Gasteiger partial charge >= 0.3 is 0 Å². The van der Waals surface area contributed by atoms with Gasteiger partial charge in [0.05, 0.1) is 6.04 Å². The van der Waals surface area contributed by atoms with Gasteiger partial charge in [0.15, 0.2) is 0 Å². The summed E-state index contributed by atoms with van der Waals surface area (Å²) in [6.45, 7) is 0.573. The van der Waals surface area contributed by atoms with E-state index in [-0.39, 0.29) is 6.04 Å². The molecule has 1 aliphatic carbocycles. The van der Waals surface area contributed by atoms with E-state index in [1.807, 2.05) is 0 Å². The summed E-state index contributed by atoms with van der Waals surface area (Å²) in [5.74, 6) is 1.10. The lowest BCUT2D eigenvalue weighted by Gasteiger charge is -2.17. The van der Waals surface area contributed by atoms with Gasteiger partial charge in [0.2, 0.25) is 5.95 Å². The second kappa shape index (κ2) is 5.46. The van der Waals surface area contributed by atoms with Crippen LogP contribution in [0.2, 0.25) is 0 Å². The summed E-state index contributed by atoms with van der Waals surface area (Å²) in [6.07, 6.45) is 4.68. The van der Waals surface area contributed by atoms with Gasteiger partial charge in [0.1, 0.15) is 5.82 Å². The summed E-state index contributed by atoms with van der Waals surface area (Å²) in [5.41, 5.74) is 15.1. The summed E-state index contributed by atoms with van der Waals surface area (Å²) < 4.78 is 0. The van der Waals surface area contributed by atoms with Gasteiger partial charge in [-0.2, -0.15) is 4.98 Å². The van der Waals surface area contributed by atoms with Crippen molar-refractivity contribution in [3.8, 4) is 0 Å². The largest absolute Gasteiger partial charge is 0.368 e. The molecule has 1 aromatic heterocycles. The summed E-state index contributed by atoms with van der Waals surface area (Å²) in [7, 11) is 0. The Kier molecular flexibility index (Phi) is 3.52. The van der Waals surface area contributed by atoms with Crippen molar-refractivity contribution in [3.05, 3.63) is 47.2 Å². The second-order valence-electron chi connectivity index (χ2n) is 5.08. The molecule has 5 nitrogen and oxygen atoms in total. The van der Waals surface area contributed by atoms with Crippen molar-refractivity contribution in [3.63, 3.8) is 0 Å². The standard InChI is InChI=1S/C15H19N5/c16-8-7-11-9-18-15(17)20-14(11)19-13-6-5-10-3-1-2-4-12(10)13/h1-4,9,13H,5-8,16H2,(H3,17,18,19,20). The minimum atomic E-state index is 0.289. The predicted molar refractivity (Wildman–Crippen MR) is 80.3 cm³/mol. The van der Waals surface area contributed by atoms with Crippen LogP contribution in [0.15, 0.2) is 30.5 Å². The first-order valence-electron chi connectivity index (χ1n) is 6.93. The van der Waals surface area contributed by atoms with Gasteiger partial charge in [-0.05, 0) is 36.9 Å². The number of nitrogens with one attached hydrogen (secondary N) is 1. The molecule has 2 aromatic rings. The summed E-state index contributed by atoms with van der Waals surface area (Å²) in [6, 6.07) is 8.81. The molecule has 5 N–H and O–H groups in total. The Balaban J connectivity index is 1.87. The summed E-state index contributed by atoms with van der Waals surface area (Å²) >= 11 is 0. The molecule has 104 valence electrons. The maximum atomic E-state index is 5.70. The number of benzene rings is 1. The molecule has 1 atom stereocenters. The molecule has 0 spiro atoms. The minimum Gasteiger partial charge on any atom is -0.368 e. The van der Waals surface area contributed by atoms with Crippen LogP contribution >= 0.6 is 0 Å². The number of hydrogen-bond acceptors (Lipinski definition) is 5. The molecule has 5 heteroatoms. The van der Waals surface area contributed by atoms with E-state index in [2.05, 4.69) is 39.6 Å². The molecule has 1 aliphatic rings. The number of aromatic nitrogens is 2. The van der Waals surface area contributed by atoms with E-state index < -0.39 is 0 Å². The zero-order valence-electron chi connectivity index (χ0n) is 11.3. The second-order valence-corrected chi connectivity index (χ2v) is 5.08. The third kappa shape index (κ3) is 2.44. The molecule has 0 aliphatic heterocycles. The topological polar surface area (TPSA) is 89.8 Å². The quantitative estimate of drug-likeness (QED) is 0.785. The first kappa shape index (κ1) is 12.9. The zero-order chi connectivity index (χ0) is 13.9. The Hall–Kier alpha value is -2.14. The van der Waals surface area contributed by atoms with Gasteiger partial charge in [-0.25, -0.2) is 4.98 Å². The Morgan fingerprint density at radius 2 is 2.15 bits per heavy atom. The number of hydrogen-bond donors (Lipinski definition) is 3. The normalized spacial score (nSPS) is 16.9. The highest BCUT2D eigenvalue weighted by molar-refractivity contribution is 5.50. The van der Waals surface area contributed by atoms with Crippen molar-refractivity contribution in [2.24, 2.45) is 5.73 Å². The molecule has 0 saturated carbocycles. The molecule has 0 amide bonds. The lowest BCUT2D eigenvalue weighted by molar-refractivity contribution is 0.753. The van der Waals surface area contributed by atoms with Crippen molar-refractivity contribution < 1.29 is 0 Å². The Labute approximate surface area is 118 Å². The number of rotatable bonds is 4. The maximum Gasteiger partial charge on any atom is 0.221 e. The van der Waals surface area contributed by atoms with Crippen molar-refractivity contribution in [1.82, 2.24) is 9.97 Å². The molecule has 0 bridgehead atoms. The first-order chi connectivity index (χ1) is 9.78. The highest BCUT2D eigenvalue weighted by Gasteiger charge is 2.22. The van der Waals surface area contributed by atoms with Crippen LogP contribution in [0.5, 0.6) is 0 Å². The number of nitrogen functional groups attached to an aromatic ring is 1. The Morgan fingerprint density at radius 3 is 3.00 bits per heavy atom. The average molecular weight is 269 g/mol. The van der Waals surface area contributed by atoms with E-state index in [1.165, 1.54) is 11.1 Å². The number of nitrogens with zero attached hydrogens (tertiary/aromatic N) is 2. The third-order valence-corrected chi connectivity index (χ3v) is 3.74. The number of fused-ring (bicyclic) bond motifs is 1. The van der Waals surface area contributed by atoms with E-state index in [4.69, 9.17) is 11.5 Å². The van der Waals surface area contributed by atoms with Crippen LogP contribution in [-0.2, 0) is 12.8 Å². The van der Waals surface area contributed by atoms with Crippen molar-refractivity contribution in [1.29, 1.82) is 0 Å². The van der Waals surface area contributed by atoms with E-state index in [0.29, 0.717) is 12.5 Å². The molecule has 20 heavy (non-hydrogen) atoms. The number of aryl methyl sites for hydroxylation is 1. The fraction of sp³-hybridized carbons (Fsp3) is 0.333. The molecule has 0 radical (unpaired) electrons. The van der Waals surface area contributed by atoms with E-state index in [9.17, 15) is 0 Å². The smallest absolute Gasteiger partial charge is 0.221 e. The molecule has 0 fully saturated rings. The van der Waals surface area contributed by atoms with Gasteiger partial charge in [0.25, 0.3) is 0 Å². The first-order valence-corrected chi connectivity index (χ1v) is 6.93. The highest BCUT2D eigenvalue weighted by Crippen LogP contribution is 2.33. The third-order valence-electron chi connectivity index (χ3n) is 3.74. The summed E-state index contributed by atoms with van der Waals surface area (Å²) in [5, 5.41) is 3.50. The average Bonchev–Trinajstić information content (AvgIpc) is 2.86. The minimum absolute atomic E-state index is 0.289. The van der Waals surface area contributed by atoms with Crippen LogP contribution < -0.4 is 16.8 Å². The van der Waals surface area contributed by atoms with Crippen molar-refractivity contribution >= 4 is 11.8 Å². The van der Waals surface area contributed by atoms with Crippen LogP contribution in [0.1, 0.15) is 29.2 Å². The SMILES string of the molecule is NCCc1cnc(N)nc1NC1CCc2ccccc21. The van der Waals surface area contributed by atoms with Gasteiger partial charge in [-0.15, -0.1) is 0 Å². The number of nitrogens with two attached hydrogens (primary N) is 2. The lowest BCUT2D eigenvalue weighted by atomic mass is 10.1. The molecule has 3 rings (SSSR count). The predicted octanol–water partition coefficient (Wildman–Crippen LogP) is 1.66. The van der Waals surface area contributed by atoms with E-state index in [1.54, 1.807) is 6.20 Å². The maximum absolute atomic E-state index is 5.70. The van der Waals surface area contributed by atoms with Gasteiger partial charge in [0, 0.05) is 11.8 Å². The molecule has 1 heterocycles.